The maximum atomic E-state index is 13.0. The zero-order valence-corrected chi connectivity index (χ0v) is 17.8. The zero-order chi connectivity index (χ0) is 21.5. The first kappa shape index (κ1) is 19.9. The van der Waals surface area contributed by atoms with E-state index in [4.69, 9.17) is 13.6 Å². The van der Waals surface area contributed by atoms with Crippen LogP contribution in [0.15, 0.2) is 44.0 Å². The molecule has 0 spiro atoms. The molecule has 3 saturated heterocycles. The van der Waals surface area contributed by atoms with Crippen molar-refractivity contribution in [3.8, 4) is 17.1 Å². The van der Waals surface area contributed by atoms with E-state index < -0.39 is 5.63 Å². The van der Waals surface area contributed by atoms with Crippen LogP contribution in [0.5, 0.6) is 5.75 Å². The summed E-state index contributed by atoms with van der Waals surface area (Å²) < 4.78 is 16.6. The summed E-state index contributed by atoms with van der Waals surface area (Å²) in [5.41, 5.74) is 1.29. The number of hydrogen-bond acceptors (Lipinski definition) is 6. The van der Waals surface area contributed by atoms with Crippen LogP contribution in [0, 0.1) is 12.8 Å². The number of piperidine rings is 3. The van der Waals surface area contributed by atoms with Gasteiger partial charge in [0.15, 0.2) is 0 Å². The largest absolute Gasteiger partial charge is 0.497 e. The van der Waals surface area contributed by atoms with Crippen LogP contribution >= 0.6 is 0 Å². The predicted molar refractivity (Wildman–Crippen MR) is 116 cm³/mol. The van der Waals surface area contributed by atoms with Gasteiger partial charge in [0.05, 0.1) is 13.5 Å². The molecule has 6 rings (SSSR count). The number of amides is 1. The summed E-state index contributed by atoms with van der Waals surface area (Å²) in [6.45, 7) is 4.84. The van der Waals surface area contributed by atoms with Gasteiger partial charge in [-0.05, 0) is 63.0 Å². The molecule has 1 amide bonds. The first-order valence-electron chi connectivity index (χ1n) is 10.7. The number of carbonyl (C=O) groups is 1. The molecule has 5 heterocycles. The van der Waals surface area contributed by atoms with Crippen molar-refractivity contribution in [2.24, 2.45) is 5.92 Å². The Morgan fingerprint density at radius 2 is 1.94 bits per heavy atom. The van der Waals surface area contributed by atoms with Crippen LogP contribution in [0.1, 0.15) is 24.2 Å². The molecule has 0 saturated carbocycles. The molecule has 1 unspecified atom stereocenters. The van der Waals surface area contributed by atoms with Crippen molar-refractivity contribution in [3.05, 3.63) is 52.1 Å². The monoisotopic (exact) mass is 422 g/mol. The van der Waals surface area contributed by atoms with E-state index >= 15 is 0 Å². The van der Waals surface area contributed by atoms with Gasteiger partial charge in [-0.25, -0.2) is 4.79 Å². The third-order valence-electron chi connectivity index (χ3n) is 6.52. The predicted octanol–water partition coefficient (Wildman–Crippen LogP) is 3.12. The highest BCUT2D eigenvalue weighted by Gasteiger charge is 2.35. The van der Waals surface area contributed by atoms with Crippen molar-refractivity contribution in [1.29, 1.82) is 0 Å². The van der Waals surface area contributed by atoms with E-state index in [0.717, 1.165) is 43.8 Å². The van der Waals surface area contributed by atoms with Crippen LogP contribution in [-0.4, -0.2) is 43.6 Å². The second-order valence-corrected chi connectivity index (χ2v) is 8.51. The molecule has 31 heavy (non-hydrogen) atoms. The molecule has 1 aromatic carbocycles. The van der Waals surface area contributed by atoms with Gasteiger partial charge in [0.1, 0.15) is 28.2 Å². The average Bonchev–Trinajstić information content (AvgIpc) is 3.12. The van der Waals surface area contributed by atoms with Crippen LogP contribution in [0.3, 0.4) is 0 Å². The van der Waals surface area contributed by atoms with E-state index in [1.165, 1.54) is 0 Å². The average molecular weight is 422 g/mol. The standard InChI is InChI=1S/C24H26N2O5/c1-14-11-20-22(24(28)30-14)18(23(31-20)16-3-5-17(29-2)6-4-16)12-21(27)25-19-13-26-9-7-15(19)8-10-26/h3-6,11,15,19H,7-10,12-13H2,1-2H3,(H,25,27). The molecule has 162 valence electrons. The fourth-order valence-corrected chi connectivity index (χ4v) is 4.91. The Morgan fingerprint density at radius 3 is 2.58 bits per heavy atom. The Morgan fingerprint density at radius 1 is 1.19 bits per heavy atom. The van der Waals surface area contributed by atoms with E-state index in [1.807, 2.05) is 24.3 Å². The number of hydrogen-bond donors (Lipinski definition) is 1. The van der Waals surface area contributed by atoms with Gasteiger partial charge in [0.25, 0.3) is 0 Å². The van der Waals surface area contributed by atoms with E-state index in [1.54, 1.807) is 20.1 Å². The Hall–Kier alpha value is -3.06. The first-order chi connectivity index (χ1) is 15.0. The summed E-state index contributed by atoms with van der Waals surface area (Å²) in [4.78, 5) is 28.1. The number of rotatable bonds is 5. The molecule has 1 atom stereocenters. The molecular formula is C24H26N2O5. The lowest BCUT2D eigenvalue weighted by molar-refractivity contribution is -0.122. The molecular weight excluding hydrogens is 396 g/mol. The molecule has 0 aliphatic carbocycles. The highest BCUT2D eigenvalue weighted by atomic mass is 16.5. The smallest absolute Gasteiger partial charge is 0.347 e. The third-order valence-corrected chi connectivity index (χ3v) is 6.52. The molecule has 7 nitrogen and oxygen atoms in total. The molecule has 3 aliphatic heterocycles. The van der Waals surface area contributed by atoms with E-state index in [-0.39, 0.29) is 18.4 Å². The summed E-state index contributed by atoms with van der Waals surface area (Å²) in [5.74, 6) is 2.13. The maximum Gasteiger partial charge on any atom is 0.347 e. The van der Waals surface area contributed by atoms with Crippen molar-refractivity contribution in [2.45, 2.75) is 32.2 Å². The first-order valence-corrected chi connectivity index (χ1v) is 10.7. The van der Waals surface area contributed by atoms with Crippen LogP contribution in [0.25, 0.3) is 22.3 Å². The van der Waals surface area contributed by atoms with Gasteiger partial charge in [-0.1, -0.05) is 0 Å². The lowest BCUT2D eigenvalue weighted by atomic mass is 9.84. The van der Waals surface area contributed by atoms with Crippen molar-refractivity contribution in [1.82, 2.24) is 10.2 Å². The van der Waals surface area contributed by atoms with Gasteiger partial charge in [-0.2, -0.15) is 0 Å². The van der Waals surface area contributed by atoms with Gasteiger partial charge >= 0.3 is 5.63 Å². The summed E-state index contributed by atoms with van der Waals surface area (Å²) >= 11 is 0. The Labute approximate surface area is 180 Å². The molecule has 0 radical (unpaired) electrons. The van der Waals surface area contributed by atoms with Gasteiger partial charge in [0.2, 0.25) is 5.91 Å². The molecule has 2 bridgehead atoms. The number of fused-ring (bicyclic) bond motifs is 4. The van der Waals surface area contributed by atoms with Crippen molar-refractivity contribution >= 4 is 16.9 Å². The van der Waals surface area contributed by atoms with Gasteiger partial charge in [-0.15, -0.1) is 0 Å². The quantitative estimate of drug-likeness (QED) is 0.680. The van der Waals surface area contributed by atoms with Gasteiger partial charge in [0, 0.05) is 29.8 Å². The Balaban J connectivity index is 1.49. The number of ether oxygens (including phenoxy) is 1. The highest BCUT2D eigenvalue weighted by molar-refractivity contribution is 5.92. The topological polar surface area (TPSA) is 84.9 Å². The molecule has 7 heteroatoms. The summed E-state index contributed by atoms with van der Waals surface area (Å²) in [6.07, 6.45) is 2.31. The maximum absolute atomic E-state index is 13.0. The van der Waals surface area contributed by atoms with E-state index in [2.05, 4.69) is 10.2 Å². The van der Waals surface area contributed by atoms with E-state index in [0.29, 0.717) is 34.0 Å². The lowest BCUT2D eigenvalue weighted by Crippen LogP contribution is -2.57. The number of benzene rings is 1. The molecule has 3 fully saturated rings. The second kappa shape index (κ2) is 7.89. The number of furan rings is 1. The number of carbonyl (C=O) groups excluding carboxylic acids is 1. The Kier molecular flexibility index (Phi) is 5.06. The lowest BCUT2D eigenvalue weighted by Gasteiger charge is -2.44. The molecule has 3 aromatic rings. The van der Waals surface area contributed by atoms with Crippen molar-refractivity contribution in [2.75, 3.05) is 26.7 Å². The normalized spacial score (nSPS) is 22.6. The number of methoxy groups -OCH3 is 1. The number of aryl methyl sites for hydroxylation is 1. The summed E-state index contributed by atoms with van der Waals surface area (Å²) in [6, 6.07) is 9.23. The van der Waals surface area contributed by atoms with Crippen molar-refractivity contribution in [3.63, 3.8) is 0 Å². The molecule has 2 aromatic heterocycles. The fraction of sp³-hybridized carbons (Fsp3) is 0.417. The highest BCUT2D eigenvalue weighted by Crippen LogP contribution is 2.34. The second-order valence-electron chi connectivity index (χ2n) is 8.51. The third kappa shape index (κ3) is 3.74. The zero-order valence-electron chi connectivity index (χ0n) is 17.8. The van der Waals surface area contributed by atoms with Gasteiger partial charge < -0.3 is 23.8 Å². The summed E-state index contributed by atoms with van der Waals surface area (Å²) in [5, 5.41) is 3.54. The van der Waals surface area contributed by atoms with Crippen molar-refractivity contribution < 1.29 is 18.4 Å². The number of nitrogens with zero attached hydrogens (tertiary/aromatic N) is 1. The van der Waals surface area contributed by atoms with E-state index in [9.17, 15) is 9.59 Å². The minimum atomic E-state index is -0.482. The minimum absolute atomic E-state index is 0.0609. The minimum Gasteiger partial charge on any atom is -0.497 e. The number of nitrogens with one attached hydrogen (secondary N) is 1. The summed E-state index contributed by atoms with van der Waals surface area (Å²) in [7, 11) is 1.61. The SMILES string of the molecule is COc1ccc(-c2oc3cc(C)oc(=O)c3c2CC(=O)NC2CN3CCC2CC3)cc1. The molecule has 3 aliphatic rings. The fourth-order valence-electron chi connectivity index (χ4n) is 4.91. The van der Waals surface area contributed by atoms with Crippen LogP contribution in [0.4, 0.5) is 0 Å². The van der Waals surface area contributed by atoms with Crippen LogP contribution in [-0.2, 0) is 11.2 Å². The van der Waals surface area contributed by atoms with Crippen LogP contribution < -0.4 is 15.7 Å². The van der Waals surface area contributed by atoms with Crippen LogP contribution in [0.2, 0.25) is 0 Å². The molecule has 1 N–H and O–H groups in total. The van der Waals surface area contributed by atoms with Gasteiger partial charge in [-0.3, -0.25) is 4.79 Å². The Bertz CT molecular complexity index is 1170.